The summed E-state index contributed by atoms with van der Waals surface area (Å²) in [6.45, 7) is 1.44. The number of carbonyl (C=O) groups excluding carboxylic acids is 1. The van der Waals surface area contributed by atoms with Gasteiger partial charge in [0.2, 0.25) is 0 Å². The van der Waals surface area contributed by atoms with Gasteiger partial charge in [0.05, 0.1) is 0 Å². The Balaban J connectivity index is 2.43. The van der Waals surface area contributed by atoms with Crippen LogP contribution in [0.4, 0.5) is 0 Å². The average Bonchev–Trinajstić information content (AvgIpc) is 2.17. The zero-order valence-corrected chi connectivity index (χ0v) is 8.14. The maximum Gasteiger partial charge on any atom is 0.303 e. The molecule has 0 aromatic heterocycles. The van der Waals surface area contributed by atoms with Crippen molar-refractivity contribution in [2.45, 2.75) is 51.6 Å². The van der Waals surface area contributed by atoms with Gasteiger partial charge in [-0.25, -0.2) is 0 Å². The van der Waals surface area contributed by atoms with Crippen molar-refractivity contribution >= 4 is 5.97 Å². The second-order valence-electron chi connectivity index (χ2n) is 3.37. The SMILES string of the molecule is CC(=O)O[C@H]1C#CCCCCCC1. The van der Waals surface area contributed by atoms with Gasteiger partial charge in [-0.1, -0.05) is 24.7 Å². The van der Waals surface area contributed by atoms with E-state index in [4.69, 9.17) is 4.74 Å². The minimum Gasteiger partial charge on any atom is -0.449 e. The van der Waals surface area contributed by atoms with Gasteiger partial charge in [-0.3, -0.25) is 4.79 Å². The summed E-state index contributed by atoms with van der Waals surface area (Å²) in [5.74, 6) is 5.83. The van der Waals surface area contributed by atoms with E-state index in [1.807, 2.05) is 0 Å². The van der Waals surface area contributed by atoms with Gasteiger partial charge in [0, 0.05) is 13.3 Å². The maximum atomic E-state index is 10.7. The Morgan fingerprint density at radius 3 is 2.85 bits per heavy atom. The van der Waals surface area contributed by atoms with Crippen molar-refractivity contribution in [2.24, 2.45) is 0 Å². The van der Waals surface area contributed by atoms with E-state index < -0.39 is 0 Å². The summed E-state index contributed by atoms with van der Waals surface area (Å²) in [6.07, 6.45) is 6.45. The van der Waals surface area contributed by atoms with Gasteiger partial charge < -0.3 is 4.74 Å². The lowest BCUT2D eigenvalue weighted by Crippen LogP contribution is -2.13. The molecule has 0 amide bonds. The van der Waals surface area contributed by atoms with Crippen molar-refractivity contribution in [3.63, 3.8) is 0 Å². The molecule has 1 atom stereocenters. The number of hydrogen-bond donors (Lipinski definition) is 0. The third-order valence-electron chi connectivity index (χ3n) is 2.09. The van der Waals surface area contributed by atoms with Crippen LogP contribution < -0.4 is 0 Å². The van der Waals surface area contributed by atoms with Crippen LogP contribution in [0.2, 0.25) is 0 Å². The topological polar surface area (TPSA) is 26.3 Å². The van der Waals surface area contributed by atoms with Crippen LogP contribution in [-0.2, 0) is 9.53 Å². The fourth-order valence-electron chi connectivity index (χ4n) is 1.44. The molecule has 0 radical (unpaired) electrons. The molecule has 1 rings (SSSR count). The van der Waals surface area contributed by atoms with Crippen molar-refractivity contribution in [1.29, 1.82) is 0 Å². The number of esters is 1. The number of ether oxygens (including phenoxy) is 1. The first-order chi connectivity index (χ1) is 6.29. The molecule has 0 aromatic carbocycles. The molecule has 0 fully saturated rings. The molecule has 0 saturated carbocycles. The Morgan fingerprint density at radius 2 is 2.08 bits per heavy atom. The van der Waals surface area contributed by atoms with Crippen molar-refractivity contribution < 1.29 is 9.53 Å². The van der Waals surface area contributed by atoms with Gasteiger partial charge >= 0.3 is 5.97 Å². The van der Waals surface area contributed by atoms with Crippen LogP contribution in [0.5, 0.6) is 0 Å². The Kier molecular flexibility index (Phi) is 4.39. The van der Waals surface area contributed by atoms with Crippen molar-refractivity contribution in [2.75, 3.05) is 0 Å². The third-order valence-corrected chi connectivity index (χ3v) is 2.09. The minimum absolute atomic E-state index is 0.157. The summed E-state index contributed by atoms with van der Waals surface area (Å²) < 4.78 is 5.07. The molecule has 0 aliphatic heterocycles. The van der Waals surface area contributed by atoms with E-state index >= 15 is 0 Å². The van der Waals surface area contributed by atoms with E-state index in [-0.39, 0.29) is 12.1 Å². The van der Waals surface area contributed by atoms with Crippen molar-refractivity contribution in [3.8, 4) is 11.8 Å². The quantitative estimate of drug-likeness (QED) is 0.457. The number of carbonyl (C=O) groups is 1. The number of rotatable bonds is 1. The first kappa shape index (κ1) is 10.1. The fraction of sp³-hybridized carbons (Fsp3) is 0.727. The lowest BCUT2D eigenvalue weighted by atomic mass is 10.1. The molecule has 0 bridgehead atoms. The highest BCUT2D eigenvalue weighted by Crippen LogP contribution is 2.11. The van der Waals surface area contributed by atoms with E-state index in [9.17, 15) is 4.79 Å². The molecule has 1 aliphatic carbocycles. The molecule has 13 heavy (non-hydrogen) atoms. The van der Waals surface area contributed by atoms with E-state index in [0.29, 0.717) is 0 Å². The van der Waals surface area contributed by atoms with E-state index in [1.165, 1.54) is 26.2 Å². The van der Waals surface area contributed by atoms with E-state index in [0.717, 1.165) is 19.3 Å². The average molecular weight is 180 g/mol. The van der Waals surface area contributed by atoms with Crippen LogP contribution in [0.1, 0.15) is 45.4 Å². The van der Waals surface area contributed by atoms with Crippen LogP contribution in [0.15, 0.2) is 0 Å². The summed E-state index contributed by atoms with van der Waals surface area (Å²) in [4.78, 5) is 10.7. The van der Waals surface area contributed by atoms with Gasteiger partial charge in [0.1, 0.15) is 0 Å². The van der Waals surface area contributed by atoms with Crippen LogP contribution in [0, 0.1) is 11.8 Å². The predicted octanol–water partition coefficient (Wildman–Crippen LogP) is 2.28. The Hall–Kier alpha value is -0.970. The molecule has 0 N–H and O–H groups in total. The van der Waals surface area contributed by atoms with Gasteiger partial charge in [-0.15, -0.1) is 0 Å². The Labute approximate surface area is 79.7 Å². The van der Waals surface area contributed by atoms with E-state index in [1.54, 1.807) is 0 Å². The standard InChI is InChI=1S/C11H16O2/c1-10(12)13-11-8-6-4-2-3-5-7-9-11/h11H,2-6,8H2,1H3/t11-/m1/s1. The van der Waals surface area contributed by atoms with Crippen LogP contribution in [0.25, 0.3) is 0 Å². The van der Waals surface area contributed by atoms with Gasteiger partial charge in [0.15, 0.2) is 6.10 Å². The van der Waals surface area contributed by atoms with Crippen LogP contribution in [0.3, 0.4) is 0 Å². The Bertz CT molecular complexity index is 222. The van der Waals surface area contributed by atoms with Crippen molar-refractivity contribution in [3.05, 3.63) is 0 Å². The predicted molar refractivity (Wildman–Crippen MR) is 51.0 cm³/mol. The summed E-state index contributed by atoms with van der Waals surface area (Å²) >= 11 is 0. The Morgan fingerprint density at radius 1 is 1.31 bits per heavy atom. The highest BCUT2D eigenvalue weighted by molar-refractivity contribution is 5.66. The van der Waals surface area contributed by atoms with Gasteiger partial charge in [-0.05, 0) is 19.3 Å². The minimum atomic E-state index is -0.224. The zero-order chi connectivity index (χ0) is 9.52. The molecule has 0 spiro atoms. The summed E-state index contributed by atoms with van der Waals surface area (Å²) in [6, 6.07) is 0. The number of hydrogen-bond acceptors (Lipinski definition) is 2. The normalized spacial score (nSPS) is 23.0. The zero-order valence-electron chi connectivity index (χ0n) is 8.14. The molecule has 1 aliphatic rings. The van der Waals surface area contributed by atoms with Crippen molar-refractivity contribution in [1.82, 2.24) is 0 Å². The fourth-order valence-corrected chi connectivity index (χ4v) is 1.44. The van der Waals surface area contributed by atoms with Crippen LogP contribution in [-0.4, -0.2) is 12.1 Å². The van der Waals surface area contributed by atoms with Gasteiger partial charge in [-0.2, -0.15) is 0 Å². The molecule has 72 valence electrons. The molecule has 2 heteroatoms. The lowest BCUT2D eigenvalue weighted by Gasteiger charge is -2.09. The highest BCUT2D eigenvalue weighted by atomic mass is 16.5. The molecular formula is C11H16O2. The maximum absolute atomic E-state index is 10.7. The first-order valence-corrected chi connectivity index (χ1v) is 4.94. The summed E-state index contributed by atoms with van der Waals surface area (Å²) in [7, 11) is 0. The third kappa shape index (κ3) is 4.57. The summed E-state index contributed by atoms with van der Waals surface area (Å²) in [5.41, 5.74) is 0. The molecule has 2 nitrogen and oxygen atoms in total. The largest absolute Gasteiger partial charge is 0.449 e. The molecule has 0 unspecified atom stereocenters. The van der Waals surface area contributed by atoms with Crippen LogP contribution >= 0.6 is 0 Å². The monoisotopic (exact) mass is 180 g/mol. The second kappa shape index (κ2) is 5.64. The second-order valence-corrected chi connectivity index (χ2v) is 3.37. The molecule has 0 aromatic rings. The molecule has 0 heterocycles. The smallest absolute Gasteiger partial charge is 0.303 e. The highest BCUT2D eigenvalue weighted by Gasteiger charge is 2.08. The molecule has 0 saturated heterocycles. The van der Waals surface area contributed by atoms with Gasteiger partial charge in [0.25, 0.3) is 0 Å². The molecular weight excluding hydrogens is 164 g/mol. The summed E-state index contributed by atoms with van der Waals surface area (Å²) in [5, 5.41) is 0. The first-order valence-electron chi connectivity index (χ1n) is 4.94. The lowest BCUT2D eigenvalue weighted by molar-refractivity contribution is -0.144. The van der Waals surface area contributed by atoms with E-state index in [2.05, 4.69) is 11.8 Å².